The molecule has 1 saturated heterocycles. The summed E-state index contributed by atoms with van der Waals surface area (Å²) in [5.41, 5.74) is 1.02. The Labute approximate surface area is 115 Å². The van der Waals surface area contributed by atoms with E-state index in [2.05, 4.69) is 5.32 Å². The number of ether oxygens (including phenoxy) is 1. The predicted molar refractivity (Wildman–Crippen MR) is 72.2 cm³/mol. The van der Waals surface area contributed by atoms with E-state index in [0.717, 1.165) is 18.6 Å². The van der Waals surface area contributed by atoms with Gasteiger partial charge in [-0.05, 0) is 31.0 Å². The van der Waals surface area contributed by atoms with Crippen molar-refractivity contribution < 1.29 is 18.3 Å². The molecule has 106 valence electrons. The third-order valence-electron chi connectivity index (χ3n) is 3.65. The van der Waals surface area contributed by atoms with Crippen LogP contribution in [-0.4, -0.2) is 25.7 Å². The fraction of sp³-hybridized carbons (Fsp3) is 0.400. The van der Waals surface area contributed by atoms with Crippen molar-refractivity contribution in [3.8, 4) is 0 Å². The minimum atomic E-state index is -0.450. The fourth-order valence-electron chi connectivity index (χ4n) is 2.41. The minimum Gasteiger partial charge on any atom is -0.448 e. The SMILES string of the molecule is Cc1ccc(F)c2oc(C(=O)NCC3CCOC3)cc12. The highest BCUT2D eigenvalue weighted by Gasteiger charge is 2.19. The number of fused-ring (bicyclic) bond motifs is 1. The number of nitrogens with one attached hydrogen (secondary N) is 1. The number of aryl methyl sites for hydroxylation is 1. The lowest BCUT2D eigenvalue weighted by Gasteiger charge is -2.07. The Hall–Kier alpha value is -1.88. The number of hydrogen-bond acceptors (Lipinski definition) is 3. The maximum atomic E-state index is 13.6. The van der Waals surface area contributed by atoms with Gasteiger partial charge in [-0.1, -0.05) is 6.07 Å². The molecule has 1 aliphatic rings. The molecule has 1 fully saturated rings. The number of benzene rings is 1. The summed E-state index contributed by atoms with van der Waals surface area (Å²) in [6, 6.07) is 4.61. The average Bonchev–Trinajstić information content (AvgIpc) is 3.09. The molecule has 5 heteroatoms. The molecule has 1 amide bonds. The molecule has 4 nitrogen and oxygen atoms in total. The molecule has 0 spiro atoms. The van der Waals surface area contributed by atoms with E-state index in [0.29, 0.717) is 24.5 Å². The molecule has 1 aromatic heterocycles. The Bertz CT molecular complexity index is 605. The van der Waals surface area contributed by atoms with Gasteiger partial charge in [-0.15, -0.1) is 0 Å². The lowest BCUT2D eigenvalue weighted by Crippen LogP contribution is -2.29. The molecule has 1 unspecified atom stereocenters. The van der Waals surface area contributed by atoms with Crippen LogP contribution < -0.4 is 5.32 Å². The van der Waals surface area contributed by atoms with Crippen molar-refractivity contribution >= 4 is 16.9 Å². The van der Waals surface area contributed by atoms with Crippen molar-refractivity contribution in [2.45, 2.75) is 13.3 Å². The van der Waals surface area contributed by atoms with Crippen molar-refractivity contribution in [2.24, 2.45) is 5.92 Å². The number of amides is 1. The van der Waals surface area contributed by atoms with Gasteiger partial charge in [0.05, 0.1) is 6.61 Å². The van der Waals surface area contributed by atoms with Crippen LogP contribution in [0.15, 0.2) is 22.6 Å². The van der Waals surface area contributed by atoms with Crippen LogP contribution in [0.1, 0.15) is 22.5 Å². The second kappa shape index (κ2) is 5.25. The zero-order valence-electron chi connectivity index (χ0n) is 11.2. The Morgan fingerprint density at radius 3 is 3.05 bits per heavy atom. The predicted octanol–water partition coefficient (Wildman–Crippen LogP) is 2.65. The zero-order chi connectivity index (χ0) is 14.1. The van der Waals surface area contributed by atoms with Crippen LogP contribution in [0, 0.1) is 18.7 Å². The van der Waals surface area contributed by atoms with Gasteiger partial charge in [0.2, 0.25) is 0 Å². The second-order valence-corrected chi connectivity index (χ2v) is 5.16. The molecular weight excluding hydrogens is 261 g/mol. The Balaban J connectivity index is 1.77. The number of furan rings is 1. The first-order valence-electron chi connectivity index (χ1n) is 6.70. The summed E-state index contributed by atoms with van der Waals surface area (Å²) < 4.78 is 24.2. The van der Waals surface area contributed by atoms with E-state index >= 15 is 0 Å². The summed E-state index contributed by atoms with van der Waals surface area (Å²) in [6.07, 6.45) is 0.953. The number of halogens is 1. The first kappa shape index (κ1) is 13.1. The van der Waals surface area contributed by atoms with Gasteiger partial charge >= 0.3 is 0 Å². The van der Waals surface area contributed by atoms with Crippen LogP contribution in [-0.2, 0) is 4.74 Å². The number of hydrogen-bond donors (Lipinski definition) is 1. The molecule has 1 aliphatic heterocycles. The van der Waals surface area contributed by atoms with Gasteiger partial charge in [0.15, 0.2) is 17.2 Å². The van der Waals surface area contributed by atoms with Gasteiger partial charge in [0, 0.05) is 24.5 Å². The molecule has 1 N–H and O–H groups in total. The minimum absolute atomic E-state index is 0.138. The van der Waals surface area contributed by atoms with E-state index in [-0.39, 0.29) is 17.3 Å². The van der Waals surface area contributed by atoms with Crippen LogP contribution in [0.2, 0.25) is 0 Å². The molecule has 2 heterocycles. The van der Waals surface area contributed by atoms with E-state index in [4.69, 9.17) is 9.15 Å². The molecule has 1 aromatic carbocycles. The summed E-state index contributed by atoms with van der Waals surface area (Å²) in [5.74, 6) is -0.269. The van der Waals surface area contributed by atoms with Crippen molar-refractivity contribution in [1.82, 2.24) is 5.32 Å². The number of carbonyl (C=O) groups excluding carboxylic acids is 1. The normalized spacial score (nSPS) is 18.6. The van der Waals surface area contributed by atoms with Gasteiger partial charge in [0.1, 0.15) is 0 Å². The van der Waals surface area contributed by atoms with E-state index in [1.807, 2.05) is 6.92 Å². The molecule has 0 radical (unpaired) electrons. The molecule has 0 bridgehead atoms. The molecule has 0 aliphatic carbocycles. The Morgan fingerprint density at radius 2 is 2.35 bits per heavy atom. The van der Waals surface area contributed by atoms with E-state index in [1.165, 1.54) is 6.07 Å². The van der Waals surface area contributed by atoms with Gasteiger partial charge < -0.3 is 14.5 Å². The van der Waals surface area contributed by atoms with Crippen molar-refractivity contribution in [3.05, 3.63) is 35.3 Å². The highest BCUT2D eigenvalue weighted by Crippen LogP contribution is 2.25. The molecule has 20 heavy (non-hydrogen) atoms. The average molecular weight is 277 g/mol. The van der Waals surface area contributed by atoms with Gasteiger partial charge in [0.25, 0.3) is 5.91 Å². The summed E-state index contributed by atoms with van der Waals surface area (Å²) in [5, 5.41) is 3.44. The highest BCUT2D eigenvalue weighted by atomic mass is 19.1. The first-order valence-corrected chi connectivity index (χ1v) is 6.70. The highest BCUT2D eigenvalue weighted by molar-refractivity contribution is 5.96. The lowest BCUT2D eigenvalue weighted by molar-refractivity contribution is 0.0919. The van der Waals surface area contributed by atoms with Crippen molar-refractivity contribution in [1.29, 1.82) is 0 Å². The third-order valence-corrected chi connectivity index (χ3v) is 3.65. The number of rotatable bonds is 3. The number of carbonyl (C=O) groups is 1. The lowest BCUT2D eigenvalue weighted by atomic mass is 10.1. The van der Waals surface area contributed by atoms with Crippen molar-refractivity contribution in [3.63, 3.8) is 0 Å². The molecule has 1 atom stereocenters. The van der Waals surface area contributed by atoms with E-state index in [1.54, 1.807) is 12.1 Å². The molecule has 0 saturated carbocycles. The Morgan fingerprint density at radius 1 is 1.50 bits per heavy atom. The van der Waals surface area contributed by atoms with E-state index in [9.17, 15) is 9.18 Å². The monoisotopic (exact) mass is 277 g/mol. The largest absolute Gasteiger partial charge is 0.448 e. The van der Waals surface area contributed by atoms with Gasteiger partial charge in [-0.3, -0.25) is 4.79 Å². The second-order valence-electron chi connectivity index (χ2n) is 5.16. The topological polar surface area (TPSA) is 51.5 Å². The smallest absolute Gasteiger partial charge is 0.287 e. The standard InChI is InChI=1S/C15H16FNO3/c1-9-2-3-12(16)14-11(9)6-13(20-14)15(18)17-7-10-4-5-19-8-10/h2-3,6,10H,4-5,7-8H2,1H3,(H,17,18). The first-order chi connectivity index (χ1) is 9.65. The van der Waals surface area contributed by atoms with Crippen LogP contribution in [0.4, 0.5) is 4.39 Å². The summed E-state index contributed by atoms with van der Waals surface area (Å²) >= 11 is 0. The van der Waals surface area contributed by atoms with Crippen LogP contribution in [0.25, 0.3) is 11.0 Å². The summed E-state index contributed by atoms with van der Waals surface area (Å²) in [6.45, 7) is 3.83. The maximum absolute atomic E-state index is 13.6. The summed E-state index contributed by atoms with van der Waals surface area (Å²) in [7, 11) is 0. The molecular formula is C15H16FNO3. The van der Waals surface area contributed by atoms with Gasteiger partial charge in [-0.25, -0.2) is 4.39 Å². The van der Waals surface area contributed by atoms with Crippen LogP contribution >= 0.6 is 0 Å². The Kier molecular flexibility index (Phi) is 3.44. The van der Waals surface area contributed by atoms with Gasteiger partial charge in [-0.2, -0.15) is 0 Å². The fourth-order valence-corrected chi connectivity index (χ4v) is 2.41. The third kappa shape index (κ3) is 2.41. The molecule has 2 aromatic rings. The zero-order valence-corrected chi connectivity index (χ0v) is 11.2. The quantitative estimate of drug-likeness (QED) is 0.938. The van der Waals surface area contributed by atoms with Crippen LogP contribution in [0.3, 0.4) is 0 Å². The van der Waals surface area contributed by atoms with E-state index < -0.39 is 5.82 Å². The summed E-state index contributed by atoms with van der Waals surface area (Å²) in [4.78, 5) is 12.0. The molecule has 3 rings (SSSR count). The van der Waals surface area contributed by atoms with Crippen molar-refractivity contribution in [2.75, 3.05) is 19.8 Å². The maximum Gasteiger partial charge on any atom is 0.287 e. The van der Waals surface area contributed by atoms with Crippen LogP contribution in [0.5, 0.6) is 0 Å².